The normalized spacial score (nSPS) is 21.1. The van der Waals surface area contributed by atoms with Crippen molar-refractivity contribution in [1.29, 1.82) is 0 Å². The van der Waals surface area contributed by atoms with Crippen LogP contribution in [0.15, 0.2) is 41.2 Å². The van der Waals surface area contributed by atoms with Gasteiger partial charge in [0, 0.05) is 24.9 Å². The number of hydrogen-bond acceptors (Lipinski definition) is 5. The van der Waals surface area contributed by atoms with Crippen molar-refractivity contribution in [2.45, 2.75) is 0 Å². The minimum Gasteiger partial charge on any atom is -0.378 e. The largest absolute Gasteiger partial charge is 0.378 e. The van der Waals surface area contributed by atoms with Crippen molar-refractivity contribution < 1.29 is 18.8 Å². The van der Waals surface area contributed by atoms with E-state index in [0.29, 0.717) is 43.2 Å². The maximum Gasteiger partial charge on any atom is 0.369 e. The van der Waals surface area contributed by atoms with E-state index >= 15 is 0 Å². The van der Waals surface area contributed by atoms with E-state index in [1.54, 1.807) is 18.3 Å². The number of halogens is 1. The van der Waals surface area contributed by atoms with Gasteiger partial charge in [-0.1, -0.05) is 17.3 Å². The first-order valence-corrected chi connectivity index (χ1v) is 6.33. The van der Waals surface area contributed by atoms with Crippen LogP contribution in [0.3, 0.4) is 0 Å². The van der Waals surface area contributed by atoms with Crippen LogP contribution in [-0.4, -0.2) is 42.9 Å². The SMILES string of the molecule is O=C1ON=C(c2cccc(F)c2)C1=CN1CCOCC1. The van der Waals surface area contributed by atoms with Crippen LogP contribution in [0.25, 0.3) is 0 Å². The molecule has 0 N–H and O–H groups in total. The van der Waals surface area contributed by atoms with Gasteiger partial charge in [-0.05, 0) is 12.1 Å². The van der Waals surface area contributed by atoms with Gasteiger partial charge in [-0.25, -0.2) is 9.18 Å². The molecule has 1 aromatic rings. The van der Waals surface area contributed by atoms with E-state index in [9.17, 15) is 9.18 Å². The second-order valence-corrected chi connectivity index (χ2v) is 4.52. The molecule has 6 heteroatoms. The smallest absolute Gasteiger partial charge is 0.369 e. The van der Waals surface area contributed by atoms with Crippen molar-refractivity contribution in [1.82, 2.24) is 4.90 Å². The molecule has 2 aliphatic heterocycles. The van der Waals surface area contributed by atoms with Crippen LogP contribution >= 0.6 is 0 Å². The van der Waals surface area contributed by atoms with Gasteiger partial charge in [-0.2, -0.15) is 0 Å². The Balaban J connectivity index is 1.90. The van der Waals surface area contributed by atoms with Crippen molar-refractivity contribution in [2.75, 3.05) is 26.3 Å². The zero-order valence-electron chi connectivity index (χ0n) is 10.7. The molecular formula is C14H13FN2O3. The van der Waals surface area contributed by atoms with Crippen LogP contribution in [0.1, 0.15) is 5.56 Å². The maximum atomic E-state index is 13.3. The van der Waals surface area contributed by atoms with Gasteiger partial charge >= 0.3 is 5.97 Å². The molecule has 0 unspecified atom stereocenters. The second kappa shape index (κ2) is 5.42. The standard InChI is InChI=1S/C14H13FN2O3/c15-11-3-1-2-10(8-11)13-12(14(18)20-16-13)9-17-4-6-19-7-5-17/h1-3,8-9H,4-7H2. The monoisotopic (exact) mass is 276 g/mol. The zero-order chi connectivity index (χ0) is 13.9. The molecule has 0 atom stereocenters. The fourth-order valence-corrected chi connectivity index (χ4v) is 2.13. The number of hydrogen-bond donors (Lipinski definition) is 0. The average Bonchev–Trinajstić information content (AvgIpc) is 2.82. The summed E-state index contributed by atoms with van der Waals surface area (Å²) in [4.78, 5) is 18.4. The first-order chi connectivity index (χ1) is 9.74. The molecule has 0 aromatic heterocycles. The van der Waals surface area contributed by atoms with Gasteiger partial charge in [-0.15, -0.1) is 0 Å². The molecule has 0 bridgehead atoms. The van der Waals surface area contributed by atoms with E-state index in [4.69, 9.17) is 9.57 Å². The predicted molar refractivity (Wildman–Crippen MR) is 69.5 cm³/mol. The molecule has 2 heterocycles. The summed E-state index contributed by atoms with van der Waals surface area (Å²) < 4.78 is 18.5. The molecular weight excluding hydrogens is 263 g/mol. The molecule has 1 fully saturated rings. The Morgan fingerprint density at radius 1 is 1.30 bits per heavy atom. The molecule has 5 nitrogen and oxygen atoms in total. The van der Waals surface area contributed by atoms with Gasteiger partial charge < -0.3 is 14.5 Å². The van der Waals surface area contributed by atoms with Crippen LogP contribution in [0, 0.1) is 5.82 Å². The van der Waals surface area contributed by atoms with Crippen molar-refractivity contribution in [2.24, 2.45) is 5.16 Å². The summed E-state index contributed by atoms with van der Waals surface area (Å²) in [6.45, 7) is 2.64. The molecule has 1 aromatic carbocycles. The molecule has 2 aliphatic rings. The Morgan fingerprint density at radius 2 is 2.10 bits per heavy atom. The summed E-state index contributed by atoms with van der Waals surface area (Å²) in [6.07, 6.45) is 1.71. The van der Waals surface area contributed by atoms with Gasteiger partial charge in [-0.3, -0.25) is 0 Å². The summed E-state index contributed by atoms with van der Waals surface area (Å²) >= 11 is 0. The van der Waals surface area contributed by atoms with Crippen molar-refractivity contribution in [3.63, 3.8) is 0 Å². The second-order valence-electron chi connectivity index (χ2n) is 4.52. The van der Waals surface area contributed by atoms with E-state index in [1.165, 1.54) is 12.1 Å². The summed E-state index contributed by atoms with van der Waals surface area (Å²) in [5, 5.41) is 3.75. The lowest BCUT2D eigenvalue weighted by atomic mass is 10.0. The first kappa shape index (κ1) is 12.8. The molecule has 0 radical (unpaired) electrons. The van der Waals surface area contributed by atoms with Crippen LogP contribution in [0.4, 0.5) is 4.39 Å². The zero-order valence-corrected chi connectivity index (χ0v) is 10.7. The van der Waals surface area contributed by atoms with E-state index < -0.39 is 5.97 Å². The summed E-state index contributed by atoms with van der Waals surface area (Å²) in [7, 11) is 0. The third-order valence-electron chi connectivity index (χ3n) is 3.15. The minimum absolute atomic E-state index is 0.345. The van der Waals surface area contributed by atoms with Crippen LogP contribution in [0.5, 0.6) is 0 Å². The minimum atomic E-state index is -0.518. The Hall–Kier alpha value is -2.21. The number of nitrogens with zero attached hydrogens (tertiary/aromatic N) is 2. The Labute approximate surface area is 115 Å². The van der Waals surface area contributed by atoms with Gasteiger partial charge in [0.25, 0.3) is 0 Å². The highest BCUT2D eigenvalue weighted by molar-refractivity contribution is 6.28. The fraction of sp³-hybridized carbons (Fsp3) is 0.286. The van der Waals surface area contributed by atoms with Crippen LogP contribution < -0.4 is 0 Å². The third-order valence-corrected chi connectivity index (χ3v) is 3.15. The van der Waals surface area contributed by atoms with E-state index in [2.05, 4.69) is 5.16 Å². The van der Waals surface area contributed by atoms with Gasteiger partial charge in [0.15, 0.2) is 0 Å². The number of morpholine rings is 1. The molecule has 1 saturated heterocycles. The number of benzene rings is 1. The molecule has 0 saturated carbocycles. The van der Waals surface area contributed by atoms with Crippen molar-refractivity contribution >= 4 is 11.7 Å². The highest BCUT2D eigenvalue weighted by Gasteiger charge is 2.28. The maximum absolute atomic E-state index is 13.3. The van der Waals surface area contributed by atoms with Crippen LogP contribution in [-0.2, 0) is 14.4 Å². The lowest BCUT2D eigenvalue weighted by Gasteiger charge is -2.25. The highest BCUT2D eigenvalue weighted by atomic mass is 19.1. The highest BCUT2D eigenvalue weighted by Crippen LogP contribution is 2.19. The summed E-state index contributed by atoms with van der Waals surface area (Å²) in [5.74, 6) is -0.897. The Bertz CT molecular complexity index is 592. The molecule has 0 spiro atoms. The molecule has 0 amide bonds. The van der Waals surface area contributed by atoms with Crippen molar-refractivity contribution in [3.05, 3.63) is 47.4 Å². The molecule has 3 rings (SSSR count). The number of rotatable bonds is 2. The average molecular weight is 276 g/mol. The predicted octanol–water partition coefficient (Wildman–Crippen LogP) is 1.30. The summed E-state index contributed by atoms with van der Waals surface area (Å²) in [6, 6.07) is 5.93. The topological polar surface area (TPSA) is 51.1 Å². The number of carbonyl (C=O) groups is 1. The number of carbonyl (C=O) groups excluding carboxylic acids is 1. The first-order valence-electron chi connectivity index (χ1n) is 6.33. The molecule has 20 heavy (non-hydrogen) atoms. The van der Waals surface area contributed by atoms with Gasteiger partial charge in [0.1, 0.15) is 17.1 Å². The fourth-order valence-electron chi connectivity index (χ4n) is 2.13. The number of ether oxygens (including phenoxy) is 1. The lowest BCUT2D eigenvalue weighted by molar-refractivity contribution is -0.137. The molecule has 104 valence electrons. The van der Waals surface area contributed by atoms with Gasteiger partial charge in [0.2, 0.25) is 0 Å². The summed E-state index contributed by atoms with van der Waals surface area (Å²) in [5.41, 5.74) is 1.23. The van der Waals surface area contributed by atoms with E-state index in [1.807, 2.05) is 4.90 Å². The third kappa shape index (κ3) is 2.55. The quantitative estimate of drug-likeness (QED) is 0.603. The Kier molecular flexibility index (Phi) is 3.47. The number of oxime groups is 1. The van der Waals surface area contributed by atoms with Crippen molar-refractivity contribution in [3.8, 4) is 0 Å². The molecule has 0 aliphatic carbocycles. The van der Waals surface area contributed by atoms with Crippen LogP contribution in [0.2, 0.25) is 0 Å². The Morgan fingerprint density at radius 3 is 2.85 bits per heavy atom. The van der Waals surface area contributed by atoms with Gasteiger partial charge in [0.05, 0.1) is 13.2 Å². The van der Waals surface area contributed by atoms with E-state index in [-0.39, 0.29) is 5.82 Å². The van der Waals surface area contributed by atoms with E-state index in [0.717, 1.165) is 0 Å². The lowest BCUT2D eigenvalue weighted by Crippen LogP contribution is -2.33.